The van der Waals surface area contributed by atoms with Gasteiger partial charge in [-0.2, -0.15) is 5.10 Å². The number of benzene rings is 1. The highest BCUT2D eigenvalue weighted by atomic mass is 16.4. The van der Waals surface area contributed by atoms with Crippen molar-refractivity contribution < 1.29 is 9.90 Å². The van der Waals surface area contributed by atoms with Crippen LogP contribution in [0, 0.1) is 5.92 Å². The van der Waals surface area contributed by atoms with Gasteiger partial charge in [-0.1, -0.05) is 31.2 Å². The summed E-state index contributed by atoms with van der Waals surface area (Å²) in [6.45, 7) is 1.97. The van der Waals surface area contributed by atoms with Crippen molar-refractivity contribution in [3.63, 3.8) is 0 Å². The molecule has 26 heavy (non-hydrogen) atoms. The average molecular weight is 349 g/mol. The Kier molecular flexibility index (Phi) is 3.54. The molecule has 0 saturated heterocycles. The number of hydrogen-bond acceptors (Lipinski definition) is 5. The van der Waals surface area contributed by atoms with E-state index < -0.39 is 11.4 Å². The second-order valence-corrected chi connectivity index (χ2v) is 6.81. The van der Waals surface area contributed by atoms with E-state index in [2.05, 4.69) is 15.1 Å². The van der Waals surface area contributed by atoms with E-state index in [9.17, 15) is 9.90 Å². The maximum Gasteiger partial charge on any atom is 0.314 e. The molecule has 2 atom stereocenters. The largest absolute Gasteiger partial charge is 0.481 e. The second kappa shape index (κ2) is 5.66. The van der Waals surface area contributed by atoms with Crippen LogP contribution in [0.15, 0.2) is 42.9 Å². The van der Waals surface area contributed by atoms with Crippen molar-refractivity contribution in [1.82, 2.24) is 19.7 Å². The lowest BCUT2D eigenvalue weighted by Crippen LogP contribution is -2.21. The predicted octanol–water partition coefficient (Wildman–Crippen LogP) is 2.49. The van der Waals surface area contributed by atoms with E-state index in [-0.39, 0.29) is 5.92 Å². The van der Waals surface area contributed by atoms with Gasteiger partial charge in [0.25, 0.3) is 0 Å². The Labute approximate surface area is 150 Å². The second-order valence-electron chi connectivity index (χ2n) is 6.81. The zero-order chi connectivity index (χ0) is 18.5. The number of nitrogens with two attached hydrogens (primary N) is 1. The number of anilines is 1. The van der Waals surface area contributed by atoms with Crippen molar-refractivity contribution in [2.24, 2.45) is 13.0 Å². The zero-order valence-corrected chi connectivity index (χ0v) is 14.5. The minimum absolute atomic E-state index is 0.162. The molecular formula is C19H19N5O2. The monoisotopic (exact) mass is 349 g/mol. The first kappa shape index (κ1) is 16.3. The van der Waals surface area contributed by atoms with Gasteiger partial charge in [0.2, 0.25) is 0 Å². The number of rotatable bonds is 4. The molecule has 0 spiro atoms. The first-order chi connectivity index (χ1) is 12.4. The highest BCUT2D eigenvalue weighted by molar-refractivity contribution is 5.86. The van der Waals surface area contributed by atoms with E-state index in [1.165, 1.54) is 0 Å². The molecule has 7 heteroatoms. The summed E-state index contributed by atoms with van der Waals surface area (Å²) >= 11 is 0. The minimum Gasteiger partial charge on any atom is -0.481 e. The van der Waals surface area contributed by atoms with Crippen molar-refractivity contribution >= 4 is 11.8 Å². The SMILES string of the molecule is CC1CC1(C(=O)O)c1ccc(-c2cnc(-c3cnn(C)c3N)cn2)cc1. The molecule has 132 valence electrons. The molecule has 2 heterocycles. The summed E-state index contributed by atoms with van der Waals surface area (Å²) in [6.07, 6.45) is 5.69. The smallest absolute Gasteiger partial charge is 0.314 e. The molecular weight excluding hydrogens is 330 g/mol. The van der Waals surface area contributed by atoms with Crippen LogP contribution in [-0.4, -0.2) is 30.8 Å². The molecule has 2 aromatic heterocycles. The van der Waals surface area contributed by atoms with Gasteiger partial charge < -0.3 is 10.8 Å². The van der Waals surface area contributed by atoms with Crippen LogP contribution in [0.4, 0.5) is 5.82 Å². The Hall–Kier alpha value is -3.22. The van der Waals surface area contributed by atoms with Gasteiger partial charge in [-0.3, -0.25) is 19.4 Å². The van der Waals surface area contributed by atoms with Crippen molar-refractivity contribution in [1.29, 1.82) is 0 Å². The van der Waals surface area contributed by atoms with E-state index in [1.807, 2.05) is 31.2 Å². The Balaban J connectivity index is 1.61. The fraction of sp³-hybridized carbons (Fsp3) is 0.263. The molecule has 0 amide bonds. The van der Waals surface area contributed by atoms with Gasteiger partial charge in [0.05, 0.1) is 41.0 Å². The number of carboxylic acids is 1. The summed E-state index contributed by atoms with van der Waals surface area (Å²) < 4.78 is 1.58. The number of aromatic nitrogens is 4. The van der Waals surface area contributed by atoms with Crippen molar-refractivity contribution in [2.45, 2.75) is 18.8 Å². The van der Waals surface area contributed by atoms with E-state index >= 15 is 0 Å². The van der Waals surface area contributed by atoms with Crippen LogP contribution < -0.4 is 5.73 Å². The van der Waals surface area contributed by atoms with Crippen molar-refractivity contribution in [3.05, 3.63) is 48.4 Å². The Morgan fingerprint density at radius 1 is 1.19 bits per heavy atom. The van der Waals surface area contributed by atoms with Gasteiger partial charge in [0.1, 0.15) is 5.82 Å². The van der Waals surface area contributed by atoms with E-state index in [0.717, 1.165) is 22.4 Å². The summed E-state index contributed by atoms with van der Waals surface area (Å²) in [5, 5.41) is 13.6. The summed E-state index contributed by atoms with van der Waals surface area (Å²) in [7, 11) is 1.77. The summed E-state index contributed by atoms with van der Waals surface area (Å²) in [4.78, 5) is 20.5. The number of carboxylic acid groups (broad SMARTS) is 1. The lowest BCUT2D eigenvalue weighted by atomic mass is 9.92. The fourth-order valence-electron chi connectivity index (χ4n) is 3.45. The lowest BCUT2D eigenvalue weighted by molar-refractivity contribution is -0.140. The molecule has 7 nitrogen and oxygen atoms in total. The third-order valence-corrected chi connectivity index (χ3v) is 5.30. The van der Waals surface area contributed by atoms with Crippen LogP contribution >= 0.6 is 0 Å². The highest BCUT2D eigenvalue weighted by Crippen LogP contribution is 2.54. The molecule has 4 rings (SSSR count). The molecule has 2 unspecified atom stereocenters. The van der Waals surface area contributed by atoms with Gasteiger partial charge in [-0.25, -0.2) is 0 Å². The predicted molar refractivity (Wildman–Crippen MR) is 97.2 cm³/mol. The summed E-state index contributed by atoms with van der Waals surface area (Å²) in [6, 6.07) is 7.55. The Morgan fingerprint density at radius 3 is 2.27 bits per heavy atom. The third-order valence-electron chi connectivity index (χ3n) is 5.30. The molecule has 0 radical (unpaired) electrons. The molecule has 1 saturated carbocycles. The zero-order valence-electron chi connectivity index (χ0n) is 14.5. The molecule has 1 aliphatic rings. The molecule has 0 aliphatic heterocycles. The fourth-order valence-corrected chi connectivity index (χ4v) is 3.45. The normalized spacial score (nSPS) is 21.5. The molecule has 3 aromatic rings. The van der Waals surface area contributed by atoms with E-state index in [4.69, 9.17) is 5.73 Å². The van der Waals surface area contributed by atoms with Gasteiger partial charge in [0, 0.05) is 12.6 Å². The summed E-state index contributed by atoms with van der Waals surface area (Å²) in [5.41, 5.74) is 9.09. The first-order valence-corrected chi connectivity index (χ1v) is 8.37. The Bertz CT molecular complexity index is 978. The lowest BCUT2D eigenvalue weighted by Gasteiger charge is -2.12. The van der Waals surface area contributed by atoms with Crippen molar-refractivity contribution in [2.75, 3.05) is 5.73 Å². The van der Waals surface area contributed by atoms with E-state index in [0.29, 0.717) is 17.9 Å². The third kappa shape index (κ3) is 2.35. The summed E-state index contributed by atoms with van der Waals surface area (Å²) in [5.74, 6) is -0.0558. The number of carbonyl (C=O) groups is 1. The number of aryl methyl sites for hydroxylation is 1. The maximum atomic E-state index is 11.6. The number of hydrogen-bond donors (Lipinski definition) is 2. The maximum absolute atomic E-state index is 11.6. The molecule has 3 N–H and O–H groups in total. The standard InChI is InChI=1S/C19H19N5O2/c1-11-7-19(11,18(25)26)13-5-3-12(4-6-13)15-9-22-16(10-21-15)14-8-23-24(2)17(14)20/h3-6,8-11H,7,20H2,1-2H3,(H,25,26). The molecule has 1 aromatic carbocycles. The number of nitrogens with zero attached hydrogens (tertiary/aromatic N) is 4. The van der Waals surface area contributed by atoms with Gasteiger partial charge in [-0.15, -0.1) is 0 Å². The van der Waals surface area contributed by atoms with Gasteiger partial charge in [0.15, 0.2) is 0 Å². The molecule has 1 fully saturated rings. The van der Waals surface area contributed by atoms with Crippen LogP contribution in [0.2, 0.25) is 0 Å². The quantitative estimate of drug-likeness (QED) is 0.749. The first-order valence-electron chi connectivity index (χ1n) is 8.37. The topological polar surface area (TPSA) is 107 Å². The van der Waals surface area contributed by atoms with Gasteiger partial charge in [-0.05, 0) is 17.9 Å². The van der Waals surface area contributed by atoms with Gasteiger partial charge >= 0.3 is 5.97 Å². The van der Waals surface area contributed by atoms with Crippen LogP contribution in [0.25, 0.3) is 22.5 Å². The molecule has 1 aliphatic carbocycles. The Morgan fingerprint density at radius 2 is 1.81 bits per heavy atom. The number of aliphatic carboxylic acids is 1. The number of nitrogen functional groups attached to an aromatic ring is 1. The average Bonchev–Trinajstić information content (AvgIpc) is 3.24. The minimum atomic E-state index is -0.754. The van der Waals surface area contributed by atoms with Crippen molar-refractivity contribution in [3.8, 4) is 22.5 Å². The van der Waals surface area contributed by atoms with Crippen LogP contribution in [0.3, 0.4) is 0 Å². The van der Waals surface area contributed by atoms with Crippen LogP contribution in [0.1, 0.15) is 18.9 Å². The highest BCUT2D eigenvalue weighted by Gasteiger charge is 2.58. The van der Waals surface area contributed by atoms with Crippen LogP contribution in [-0.2, 0) is 17.3 Å². The van der Waals surface area contributed by atoms with Crippen LogP contribution in [0.5, 0.6) is 0 Å². The molecule has 0 bridgehead atoms. The van der Waals surface area contributed by atoms with E-state index in [1.54, 1.807) is 30.3 Å².